The smallest absolute Gasteiger partial charge is 0.310 e. The number of aliphatic carboxylic acids is 1. The average Bonchev–Trinajstić information content (AvgIpc) is 3.38. The number of hydrogen-bond acceptors (Lipinski definition) is 4. The minimum Gasteiger partial charge on any atom is -0.481 e. The van der Waals surface area contributed by atoms with Crippen molar-refractivity contribution in [2.45, 2.75) is 62.4 Å². The summed E-state index contributed by atoms with van der Waals surface area (Å²) in [5.74, 6) is -6.74. The van der Waals surface area contributed by atoms with Gasteiger partial charge in [0.25, 0.3) is 11.8 Å². The molecule has 2 saturated heterocycles. The van der Waals surface area contributed by atoms with Gasteiger partial charge in [0.1, 0.15) is 11.5 Å². The van der Waals surface area contributed by atoms with E-state index in [0.29, 0.717) is 24.3 Å². The normalized spacial score (nSPS) is 41.1. The number of carbonyl (C=O) groups excluding carboxylic acids is 2. The van der Waals surface area contributed by atoms with Gasteiger partial charge in [-0.1, -0.05) is 23.2 Å². The molecule has 0 unspecified atom stereocenters. The van der Waals surface area contributed by atoms with Crippen molar-refractivity contribution in [1.29, 1.82) is 0 Å². The summed E-state index contributed by atoms with van der Waals surface area (Å²) in [6.45, 7) is -0.352. The Hall–Kier alpha value is -1.97. The molecule has 2 amide bonds. The summed E-state index contributed by atoms with van der Waals surface area (Å²) in [5, 5.41) is 13.5. The second-order valence-electron chi connectivity index (χ2n) is 13.2. The number of nitrogens with one attached hydrogen (secondary N) is 1. The van der Waals surface area contributed by atoms with Crippen molar-refractivity contribution >= 4 is 46.7 Å². The number of alkyl halides is 2. The minimum atomic E-state index is -3.19. The second-order valence-corrected chi connectivity index (χ2v) is 14.1. The molecule has 7 nitrogen and oxygen atoms in total. The molecule has 7 aliphatic rings. The molecular weight excluding hydrogens is 551 g/mol. The maximum atomic E-state index is 15.0. The zero-order valence-electron chi connectivity index (χ0n) is 21.6. The van der Waals surface area contributed by atoms with Gasteiger partial charge in [0, 0.05) is 36.6 Å². The van der Waals surface area contributed by atoms with Crippen molar-refractivity contribution in [3.8, 4) is 0 Å². The summed E-state index contributed by atoms with van der Waals surface area (Å²) >= 11 is 12.6. The molecule has 3 aliphatic heterocycles. The number of benzene rings is 1. The third-order valence-corrected chi connectivity index (χ3v) is 11.2. The number of amides is 2. The van der Waals surface area contributed by atoms with Crippen LogP contribution < -0.4 is 5.32 Å². The third kappa shape index (κ3) is 3.58. The van der Waals surface area contributed by atoms with Gasteiger partial charge >= 0.3 is 5.97 Å². The Bertz CT molecular complexity index is 1270. The van der Waals surface area contributed by atoms with E-state index in [1.54, 1.807) is 11.9 Å². The summed E-state index contributed by atoms with van der Waals surface area (Å²) in [5.41, 5.74) is -1.74. The van der Waals surface area contributed by atoms with Crippen LogP contribution in [0.5, 0.6) is 0 Å². The fraction of sp³-hybridized carbons (Fsp3) is 0.679. The number of fused-ring (bicyclic) bond motifs is 4. The monoisotopic (exact) mass is 581 g/mol. The first-order chi connectivity index (χ1) is 18.3. The van der Waals surface area contributed by atoms with E-state index in [1.165, 1.54) is 36.3 Å². The average molecular weight is 582 g/mol. The fourth-order valence-electron chi connectivity index (χ4n) is 10.1. The molecule has 11 heteroatoms. The highest BCUT2D eigenvalue weighted by atomic mass is 35.5. The number of anilines is 1. The highest BCUT2D eigenvalue weighted by Crippen LogP contribution is 2.62. The Balaban J connectivity index is 1.30. The minimum absolute atomic E-state index is 0.00808. The first kappa shape index (κ1) is 26.0. The SMILES string of the molecule is CN(CC12CC3CC(CC(C3)C1)C2)C(=O)[C@H]1[C@H]2CC(F)(F)CN2[C@]2(C(=O)Nc3c(Cl)cc(Cl)cc32)[C@H]1C(=O)O. The number of hydrogen-bond donors (Lipinski definition) is 2. The summed E-state index contributed by atoms with van der Waals surface area (Å²) < 4.78 is 30.0. The van der Waals surface area contributed by atoms with Crippen LogP contribution in [-0.2, 0) is 19.9 Å². The van der Waals surface area contributed by atoms with Gasteiger partial charge in [-0.3, -0.25) is 19.3 Å². The van der Waals surface area contributed by atoms with Crippen LogP contribution in [0.1, 0.15) is 50.5 Å². The third-order valence-electron chi connectivity index (χ3n) is 10.7. The molecule has 4 saturated carbocycles. The van der Waals surface area contributed by atoms with E-state index in [2.05, 4.69) is 5.32 Å². The predicted molar refractivity (Wildman–Crippen MR) is 140 cm³/mol. The molecule has 1 spiro atoms. The van der Waals surface area contributed by atoms with Crippen molar-refractivity contribution in [3.63, 3.8) is 0 Å². The Labute approximate surface area is 235 Å². The second kappa shape index (κ2) is 8.29. The van der Waals surface area contributed by atoms with Gasteiger partial charge in [-0.15, -0.1) is 0 Å². The zero-order valence-corrected chi connectivity index (χ0v) is 23.1. The molecule has 1 aromatic carbocycles. The van der Waals surface area contributed by atoms with E-state index in [9.17, 15) is 19.5 Å². The van der Waals surface area contributed by atoms with E-state index in [1.807, 2.05) is 0 Å². The summed E-state index contributed by atoms with van der Waals surface area (Å²) in [6, 6.07) is 1.70. The number of rotatable bonds is 4. The lowest BCUT2D eigenvalue weighted by molar-refractivity contribution is -0.156. The van der Waals surface area contributed by atoms with Crippen molar-refractivity contribution in [3.05, 3.63) is 27.7 Å². The van der Waals surface area contributed by atoms with Crippen molar-refractivity contribution in [2.24, 2.45) is 35.0 Å². The quantitative estimate of drug-likeness (QED) is 0.530. The highest BCUT2D eigenvalue weighted by molar-refractivity contribution is 6.38. The maximum Gasteiger partial charge on any atom is 0.310 e. The number of carbonyl (C=O) groups is 3. The molecule has 0 radical (unpaired) electrons. The molecule has 210 valence electrons. The summed E-state index contributed by atoms with van der Waals surface area (Å²) in [6.07, 6.45) is 6.19. The lowest BCUT2D eigenvalue weighted by Gasteiger charge is -2.57. The standard InChI is InChI=1S/C28H31Cl2F2N3O4/c1-34(11-26-7-13-2-14(8-26)4-15(3-13)9-26)23(36)20-19-10-27(31,32)12-35(19)28(21(20)24(37)38)17-5-16(29)6-18(30)22(17)33-25(28)39/h5-6,13-15,19-21H,2-4,7-12H2,1H3,(H,33,39)(H,37,38)/t13?,14?,15?,19-,20+,21-,26?,28+/m1/s1. The van der Waals surface area contributed by atoms with Gasteiger partial charge in [0.15, 0.2) is 0 Å². The maximum absolute atomic E-state index is 15.0. The van der Waals surface area contributed by atoms with Crippen molar-refractivity contribution in [2.75, 3.05) is 25.5 Å². The molecule has 0 aromatic heterocycles. The van der Waals surface area contributed by atoms with E-state index < -0.39 is 60.1 Å². The molecule has 3 heterocycles. The zero-order chi connectivity index (χ0) is 27.6. The van der Waals surface area contributed by atoms with Gasteiger partial charge in [-0.25, -0.2) is 8.78 Å². The lowest BCUT2D eigenvalue weighted by atomic mass is 9.49. The number of halogens is 4. The fourth-order valence-corrected chi connectivity index (χ4v) is 10.6. The van der Waals surface area contributed by atoms with Crippen LogP contribution in [0, 0.1) is 35.0 Å². The van der Waals surface area contributed by atoms with Crippen LogP contribution in [0.3, 0.4) is 0 Å². The van der Waals surface area contributed by atoms with Gasteiger partial charge < -0.3 is 15.3 Å². The number of nitrogens with zero attached hydrogens (tertiary/aromatic N) is 2. The molecule has 4 aliphatic carbocycles. The summed E-state index contributed by atoms with van der Waals surface area (Å²) in [7, 11) is 1.67. The Morgan fingerprint density at radius 3 is 2.31 bits per heavy atom. The van der Waals surface area contributed by atoms with Crippen LogP contribution in [0.25, 0.3) is 0 Å². The molecule has 6 fully saturated rings. The van der Waals surface area contributed by atoms with Gasteiger partial charge in [-0.05, 0) is 73.8 Å². The molecule has 2 N–H and O–H groups in total. The van der Waals surface area contributed by atoms with Gasteiger partial charge in [-0.2, -0.15) is 0 Å². The predicted octanol–water partition coefficient (Wildman–Crippen LogP) is 4.86. The summed E-state index contributed by atoms with van der Waals surface area (Å²) in [4.78, 5) is 43.8. The van der Waals surface area contributed by atoms with E-state index in [0.717, 1.165) is 19.3 Å². The Morgan fingerprint density at radius 1 is 1.10 bits per heavy atom. The lowest BCUT2D eigenvalue weighted by Crippen LogP contribution is -2.55. The first-order valence-corrected chi connectivity index (χ1v) is 14.5. The number of carboxylic acid groups (broad SMARTS) is 1. The van der Waals surface area contributed by atoms with Gasteiger partial charge in [0.05, 0.1) is 23.2 Å². The van der Waals surface area contributed by atoms with Crippen molar-refractivity contribution < 1.29 is 28.3 Å². The van der Waals surface area contributed by atoms with E-state index in [-0.39, 0.29) is 26.7 Å². The molecule has 8 rings (SSSR count). The van der Waals surface area contributed by atoms with Crippen LogP contribution in [0.2, 0.25) is 10.0 Å². The van der Waals surface area contributed by atoms with Crippen molar-refractivity contribution in [1.82, 2.24) is 9.80 Å². The molecule has 1 aromatic rings. The topological polar surface area (TPSA) is 90.0 Å². The van der Waals surface area contributed by atoms with Crippen LogP contribution >= 0.6 is 23.2 Å². The first-order valence-electron chi connectivity index (χ1n) is 13.8. The molecule has 4 atom stereocenters. The van der Waals surface area contributed by atoms with Gasteiger partial charge in [0.2, 0.25) is 5.91 Å². The van der Waals surface area contributed by atoms with Crippen LogP contribution in [0.15, 0.2) is 12.1 Å². The van der Waals surface area contributed by atoms with E-state index in [4.69, 9.17) is 23.2 Å². The highest BCUT2D eigenvalue weighted by Gasteiger charge is 2.74. The molecule has 39 heavy (non-hydrogen) atoms. The van der Waals surface area contributed by atoms with Crippen LogP contribution in [0.4, 0.5) is 14.5 Å². The number of carboxylic acids is 1. The Kier molecular flexibility index (Phi) is 5.52. The van der Waals surface area contributed by atoms with E-state index >= 15 is 8.78 Å². The Morgan fingerprint density at radius 2 is 1.72 bits per heavy atom. The molecule has 4 bridgehead atoms. The largest absolute Gasteiger partial charge is 0.481 e. The van der Waals surface area contributed by atoms with Crippen LogP contribution in [-0.4, -0.2) is 64.8 Å². The molecular formula is C28H31Cl2F2N3O4.